The summed E-state index contributed by atoms with van der Waals surface area (Å²) in [4.78, 5) is 0.457. The summed E-state index contributed by atoms with van der Waals surface area (Å²) in [6.07, 6.45) is 12.2. The lowest BCUT2D eigenvalue weighted by Gasteiger charge is -2.44. The molecule has 180 valence electrons. The van der Waals surface area contributed by atoms with Gasteiger partial charge in [0.25, 0.3) is 0 Å². The summed E-state index contributed by atoms with van der Waals surface area (Å²) in [5, 5.41) is 0. The summed E-state index contributed by atoms with van der Waals surface area (Å²) in [7, 11) is -1.39. The average molecular weight is 469 g/mol. The molecule has 4 aliphatic rings. The van der Waals surface area contributed by atoms with E-state index in [9.17, 15) is 8.42 Å². The second-order valence-corrected chi connectivity index (χ2v) is 13.7. The highest BCUT2D eigenvalue weighted by molar-refractivity contribution is 7.91. The Hall–Kier alpha value is -1.39. The Balaban J connectivity index is 1.36. The smallest absolute Gasteiger partial charge is 0.178 e. The molecule has 0 unspecified atom stereocenters. The molecular weight excluding hydrogens is 428 g/mol. The minimum atomic E-state index is -3.26. The van der Waals surface area contributed by atoms with Crippen LogP contribution in [0.4, 0.5) is 0 Å². The van der Waals surface area contributed by atoms with Gasteiger partial charge in [0, 0.05) is 12.5 Å². The van der Waals surface area contributed by atoms with Gasteiger partial charge in [-0.15, -0.1) is 0 Å². The van der Waals surface area contributed by atoms with Gasteiger partial charge in [-0.3, -0.25) is 0 Å². The highest BCUT2D eigenvalue weighted by Crippen LogP contribution is 2.69. The van der Waals surface area contributed by atoms with Crippen LogP contribution in [0.1, 0.15) is 65.2 Å². The fourth-order valence-corrected chi connectivity index (χ4v) is 9.98. The van der Waals surface area contributed by atoms with Crippen molar-refractivity contribution in [1.29, 1.82) is 0 Å². The topological polar surface area (TPSA) is 43.4 Å². The number of sulfone groups is 1. The Morgan fingerprint density at radius 1 is 1.18 bits per heavy atom. The zero-order valence-corrected chi connectivity index (χ0v) is 21.4. The molecule has 0 bridgehead atoms. The van der Waals surface area contributed by atoms with Crippen molar-refractivity contribution in [3.05, 3.63) is 54.1 Å². The van der Waals surface area contributed by atoms with Crippen LogP contribution in [0.2, 0.25) is 0 Å². The van der Waals surface area contributed by atoms with Crippen molar-refractivity contribution < 1.29 is 13.2 Å². The number of rotatable bonds is 7. The fourth-order valence-electron chi connectivity index (χ4n) is 8.29. The molecule has 0 aliphatic heterocycles. The van der Waals surface area contributed by atoms with E-state index in [1.54, 1.807) is 17.7 Å². The van der Waals surface area contributed by atoms with Crippen molar-refractivity contribution in [2.45, 2.75) is 76.2 Å². The predicted molar refractivity (Wildman–Crippen MR) is 134 cm³/mol. The number of allylic oxidation sites excluding steroid dienone is 1. The van der Waals surface area contributed by atoms with Crippen molar-refractivity contribution in [3.63, 3.8) is 0 Å². The van der Waals surface area contributed by atoms with Gasteiger partial charge < -0.3 is 4.74 Å². The lowest BCUT2D eigenvalue weighted by atomic mass is 9.61. The SMILES string of the molecule is C=C1CC[C@@H]2C[C@]12[C@@H](/C=C1\CCC[C@]2(C)[C@@H]([C@H](C)CS(=O)(=O)c3ccccc3)CC[C@@H]12)OC. The van der Waals surface area contributed by atoms with Crippen LogP contribution >= 0.6 is 0 Å². The molecule has 0 amide bonds. The van der Waals surface area contributed by atoms with Crippen LogP contribution in [-0.2, 0) is 14.6 Å². The maximum absolute atomic E-state index is 13.1. The third-order valence-electron chi connectivity index (χ3n) is 10.0. The zero-order chi connectivity index (χ0) is 23.4. The molecule has 0 spiro atoms. The van der Waals surface area contributed by atoms with Crippen molar-refractivity contribution in [2.75, 3.05) is 12.9 Å². The Bertz CT molecular complexity index is 1040. The fraction of sp³-hybridized carbons (Fsp3) is 0.655. The van der Waals surface area contributed by atoms with E-state index in [-0.39, 0.29) is 28.6 Å². The van der Waals surface area contributed by atoms with Gasteiger partial charge in [0.2, 0.25) is 0 Å². The van der Waals surface area contributed by atoms with Crippen LogP contribution in [-0.4, -0.2) is 27.4 Å². The lowest BCUT2D eigenvalue weighted by Crippen LogP contribution is -2.38. The Morgan fingerprint density at radius 3 is 2.58 bits per heavy atom. The molecular formula is C29H40O3S. The number of hydrogen-bond donors (Lipinski definition) is 0. The molecule has 0 radical (unpaired) electrons. The van der Waals surface area contributed by atoms with E-state index < -0.39 is 9.84 Å². The lowest BCUT2D eigenvalue weighted by molar-refractivity contribution is 0.0813. The summed E-state index contributed by atoms with van der Waals surface area (Å²) in [5.74, 6) is 2.16. The van der Waals surface area contributed by atoms with Crippen molar-refractivity contribution in [3.8, 4) is 0 Å². The van der Waals surface area contributed by atoms with E-state index in [4.69, 9.17) is 4.74 Å². The van der Waals surface area contributed by atoms with Gasteiger partial charge in [-0.1, -0.05) is 55.8 Å². The highest BCUT2D eigenvalue weighted by Gasteiger charge is 2.63. The van der Waals surface area contributed by atoms with E-state index in [1.165, 1.54) is 37.7 Å². The second-order valence-electron chi connectivity index (χ2n) is 11.6. The predicted octanol–water partition coefficient (Wildman–Crippen LogP) is 6.61. The van der Waals surface area contributed by atoms with Crippen molar-refractivity contribution in [2.24, 2.45) is 34.5 Å². The van der Waals surface area contributed by atoms with Gasteiger partial charge in [0.1, 0.15) is 0 Å². The van der Waals surface area contributed by atoms with E-state index >= 15 is 0 Å². The third-order valence-corrected chi connectivity index (χ3v) is 12.0. The molecule has 4 aliphatic carbocycles. The summed E-state index contributed by atoms with van der Waals surface area (Å²) >= 11 is 0. The van der Waals surface area contributed by atoms with Crippen molar-refractivity contribution >= 4 is 9.84 Å². The van der Waals surface area contributed by atoms with Crippen LogP contribution < -0.4 is 0 Å². The number of benzene rings is 1. The van der Waals surface area contributed by atoms with Crippen LogP contribution in [0.25, 0.3) is 0 Å². The molecule has 0 heterocycles. The molecule has 5 rings (SSSR count). The van der Waals surface area contributed by atoms with Gasteiger partial charge in [-0.05, 0) is 92.6 Å². The van der Waals surface area contributed by atoms with Crippen LogP contribution in [0.15, 0.2) is 59.0 Å². The molecule has 1 aromatic rings. The monoisotopic (exact) mass is 468 g/mol. The Labute approximate surface area is 200 Å². The van der Waals surface area contributed by atoms with Crippen LogP contribution in [0, 0.1) is 34.5 Å². The summed E-state index contributed by atoms with van der Waals surface area (Å²) in [5.41, 5.74) is 3.36. The van der Waals surface area contributed by atoms with Crippen LogP contribution in [0.5, 0.6) is 0 Å². The molecule has 4 fully saturated rings. The summed E-state index contributed by atoms with van der Waals surface area (Å²) < 4.78 is 32.3. The number of fused-ring (bicyclic) bond motifs is 2. The minimum absolute atomic E-state index is 0.156. The van der Waals surface area contributed by atoms with E-state index in [1.807, 2.05) is 25.3 Å². The first kappa shape index (κ1) is 23.4. The standard InChI is InChI=1S/C29H40O3S/c1-20(19-33(30,31)24-10-6-5-7-11-24)25-14-15-26-22(9-8-16-28(25,26)3)17-27(32-4)29-18-23(29)13-12-21(29)2/h5-7,10-11,17,20,23,25-27H,2,8-9,12-16,18-19H2,1,3-4H3/b22-17+/t20-,23-,25-,26+,27-,28-,29+/m1/s1. The van der Waals surface area contributed by atoms with E-state index in [0.29, 0.717) is 16.7 Å². The summed E-state index contributed by atoms with van der Waals surface area (Å²) in [6.45, 7) is 9.04. The molecule has 7 atom stereocenters. The molecule has 4 heteroatoms. The minimum Gasteiger partial charge on any atom is -0.376 e. The van der Waals surface area contributed by atoms with Gasteiger partial charge in [0.15, 0.2) is 9.84 Å². The van der Waals surface area contributed by atoms with Crippen LogP contribution in [0.3, 0.4) is 0 Å². The second kappa shape index (κ2) is 8.37. The summed E-state index contributed by atoms with van der Waals surface area (Å²) in [6, 6.07) is 8.97. The third kappa shape index (κ3) is 3.76. The normalized spacial score (nSPS) is 38.7. The number of ether oxygens (including phenoxy) is 1. The first-order chi connectivity index (χ1) is 15.7. The maximum atomic E-state index is 13.1. The largest absolute Gasteiger partial charge is 0.376 e. The maximum Gasteiger partial charge on any atom is 0.178 e. The molecule has 0 N–H and O–H groups in total. The van der Waals surface area contributed by atoms with E-state index in [0.717, 1.165) is 25.2 Å². The Morgan fingerprint density at radius 2 is 1.94 bits per heavy atom. The molecule has 3 nitrogen and oxygen atoms in total. The van der Waals surface area contributed by atoms with Gasteiger partial charge in [-0.2, -0.15) is 0 Å². The molecule has 4 saturated carbocycles. The number of hydrogen-bond acceptors (Lipinski definition) is 3. The molecule has 33 heavy (non-hydrogen) atoms. The zero-order valence-electron chi connectivity index (χ0n) is 20.6. The highest BCUT2D eigenvalue weighted by atomic mass is 32.2. The molecule has 1 aromatic carbocycles. The first-order valence-electron chi connectivity index (χ1n) is 12.9. The van der Waals surface area contributed by atoms with Gasteiger partial charge >= 0.3 is 0 Å². The first-order valence-corrected chi connectivity index (χ1v) is 14.6. The van der Waals surface area contributed by atoms with Gasteiger partial charge in [-0.25, -0.2) is 8.42 Å². The number of methoxy groups -OCH3 is 1. The Kier molecular flexibility index (Phi) is 5.93. The molecule has 0 aromatic heterocycles. The van der Waals surface area contributed by atoms with Gasteiger partial charge in [0.05, 0.1) is 16.8 Å². The molecule has 0 saturated heterocycles. The van der Waals surface area contributed by atoms with Crippen molar-refractivity contribution in [1.82, 2.24) is 0 Å². The quantitative estimate of drug-likeness (QED) is 0.423. The van der Waals surface area contributed by atoms with E-state index in [2.05, 4.69) is 26.5 Å². The average Bonchev–Trinajstić information content (AvgIpc) is 3.29.